The second-order valence-corrected chi connectivity index (χ2v) is 5.87. The number of carbonyl (C=O) groups excluding carboxylic acids is 3. The van der Waals surface area contributed by atoms with Crippen molar-refractivity contribution in [1.82, 2.24) is 15.5 Å². The van der Waals surface area contributed by atoms with Crippen molar-refractivity contribution in [2.45, 2.75) is 64.0 Å². The Balaban J connectivity index is 1.94. The van der Waals surface area contributed by atoms with E-state index in [2.05, 4.69) is 10.6 Å². The summed E-state index contributed by atoms with van der Waals surface area (Å²) in [6.45, 7) is 3.79. The Bertz CT molecular complexity index is 416. The minimum absolute atomic E-state index is 0.0636. The molecule has 2 aliphatic rings. The molecule has 0 aromatic heterocycles. The van der Waals surface area contributed by atoms with Gasteiger partial charge in [0.05, 0.1) is 0 Å². The van der Waals surface area contributed by atoms with E-state index in [1.807, 2.05) is 13.8 Å². The van der Waals surface area contributed by atoms with Crippen molar-refractivity contribution in [1.29, 1.82) is 0 Å². The van der Waals surface area contributed by atoms with Crippen molar-refractivity contribution in [3.05, 3.63) is 0 Å². The molecule has 0 unspecified atom stereocenters. The van der Waals surface area contributed by atoms with Gasteiger partial charge in [0.25, 0.3) is 5.91 Å². The minimum Gasteiger partial charge on any atom is -0.352 e. The van der Waals surface area contributed by atoms with Crippen LogP contribution in [0.2, 0.25) is 0 Å². The van der Waals surface area contributed by atoms with Crippen LogP contribution >= 0.6 is 0 Å². The van der Waals surface area contributed by atoms with Gasteiger partial charge in [-0.15, -0.1) is 0 Å². The van der Waals surface area contributed by atoms with E-state index >= 15 is 0 Å². The van der Waals surface area contributed by atoms with Crippen LogP contribution in [0, 0.1) is 0 Å². The summed E-state index contributed by atoms with van der Waals surface area (Å²) in [6.07, 6.45) is 5.12. The van der Waals surface area contributed by atoms with Gasteiger partial charge in [0.1, 0.15) is 12.1 Å². The van der Waals surface area contributed by atoms with Crippen molar-refractivity contribution in [3.63, 3.8) is 0 Å². The quantitative estimate of drug-likeness (QED) is 0.742. The highest BCUT2D eigenvalue weighted by atomic mass is 16.2. The molecule has 0 radical (unpaired) electrons. The molecule has 0 bridgehead atoms. The van der Waals surface area contributed by atoms with Crippen LogP contribution in [0.1, 0.15) is 52.4 Å². The van der Waals surface area contributed by atoms with Gasteiger partial charge in [-0.2, -0.15) is 0 Å². The first kappa shape index (κ1) is 14.8. The lowest BCUT2D eigenvalue weighted by Crippen LogP contribution is -2.46. The van der Waals surface area contributed by atoms with E-state index in [0.29, 0.717) is 12.8 Å². The van der Waals surface area contributed by atoms with Gasteiger partial charge in [0.15, 0.2) is 0 Å². The normalized spacial score (nSPS) is 22.2. The van der Waals surface area contributed by atoms with E-state index in [1.165, 1.54) is 0 Å². The monoisotopic (exact) mass is 281 g/mol. The van der Waals surface area contributed by atoms with Crippen LogP contribution in [0.4, 0.5) is 4.79 Å². The number of amides is 4. The summed E-state index contributed by atoms with van der Waals surface area (Å²) in [4.78, 5) is 37.2. The molecule has 2 rings (SSSR count). The van der Waals surface area contributed by atoms with E-state index < -0.39 is 11.6 Å². The standard InChI is InChI=1S/C14H23N3O3/c1-3-6-10(2)15-11(18)9-17-12(19)14(16-13(17)20)7-4-5-8-14/h10H,3-9H2,1-2H3,(H,15,18)(H,16,20)/t10-/m1/s1. The molecule has 112 valence electrons. The molecular formula is C14H23N3O3. The van der Waals surface area contributed by atoms with Crippen LogP contribution in [0.15, 0.2) is 0 Å². The fraction of sp³-hybridized carbons (Fsp3) is 0.786. The smallest absolute Gasteiger partial charge is 0.325 e. The topological polar surface area (TPSA) is 78.5 Å². The summed E-state index contributed by atoms with van der Waals surface area (Å²) in [5.41, 5.74) is -0.730. The summed E-state index contributed by atoms with van der Waals surface area (Å²) in [5, 5.41) is 5.59. The number of urea groups is 1. The second kappa shape index (κ2) is 5.81. The second-order valence-electron chi connectivity index (χ2n) is 5.87. The first-order valence-corrected chi connectivity index (χ1v) is 7.42. The molecule has 1 saturated carbocycles. The fourth-order valence-electron chi connectivity index (χ4n) is 3.11. The molecule has 1 spiro atoms. The molecule has 2 N–H and O–H groups in total. The zero-order valence-electron chi connectivity index (χ0n) is 12.2. The van der Waals surface area contributed by atoms with E-state index in [4.69, 9.17) is 0 Å². The maximum atomic E-state index is 12.3. The van der Waals surface area contributed by atoms with Crippen molar-refractivity contribution in [3.8, 4) is 0 Å². The van der Waals surface area contributed by atoms with E-state index in [9.17, 15) is 14.4 Å². The summed E-state index contributed by atoms with van der Waals surface area (Å²) in [7, 11) is 0. The van der Waals surface area contributed by atoms with Crippen LogP contribution < -0.4 is 10.6 Å². The summed E-state index contributed by atoms with van der Waals surface area (Å²) < 4.78 is 0. The third kappa shape index (κ3) is 2.78. The average molecular weight is 281 g/mol. The third-order valence-electron chi connectivity index (χ3n) is 4.13. The maximum absolute atomic E-state index is 12.3. The molecule has 20 heavy (non-hydrogen) atoms. The third-order valence-corrected chi connectivity index (χ3v) is 4.13. The predicted octanol–water partition coefficient (Wildman–Crippen LogP) is 1.16. The van der Waals surface area contributed by atoms with E-state index in [1.54, 1.807) is 0 Å². The fourth-order valence-corrected chi connectivity index (χ4v) is 3.11. The number of nitrogens with zero attached hydrogens (tertiary/aromatic N) is 1. The Kier molecular flexibility index (Phi) is 4.30. The number of hydrogen-bond donors (Lipinski definition) is 2. The van der Waals surface area contributed by atoms with Crippen molar-refractivity contribution in [2.75, 3.05) is 6.54 Å². The highest BCUT2D eigenvalue weighted by Gasteiger charge is 2.52. The van der Waals surface area contributed by atoms with Gasteiger partial charge in [-0.1, -0.05) is 26.2 Å². The molecular weight excluding hydrogens is 258 g/mol. The number of carbonyl (C=O) groups is 3. The zero-order valence-corrected chi connectivity index (χ0v) is 12.2. The number of hydrogen-bond acceptors (Lipinski definition) is 3. The molecule has 1 aliphatic carbocycles. The Morgan fingerprint density at radius 1 is 1.40 bits per heavy atom. The Labute approximate surface area is 119 Å². The molecule has 1 atom stereocenters. The van der Waals surface area contributed by atoms with Crippen molar-refractivity contribution in [2.24, 2.45) is 0 Å². The van der Waals surface area contributed by atoms with Crippen LogP contribution in [0.25, 0.3) is 0 Å². The van der Waals surface area contributed by atoms with Crippen LogP contribution in [0.3, 0.4) is 0 Å². The maximum Gasteiger partial charge on any atom is 0.325 e. The molecule has 1 heterocycles. The SMILES string of the molecule is CCC[C@@H](C)NC(=O)CN1C(=O)NC2(CCCC2)C1=O. The van der Waals surface area contributed by atoms with Crippen molar-refractivity contribution < 1.29 is 14.4 Å². The van der Waals surface area contributed by atoms with E-state index in [-0.39, 0.29) is 24.4 Å². The minimum atomic E-state index is -0.730. The molecule has 6 nitrogen and oxygen atoms in total. The first-order chi connectivity index (χ1) is 9.48. The summed E-state index contributed by atoms with van der Waals surface area (Å²) in [6, 6.07) is -0.371. The Morgan fingerprint density at radius 2 is 2.05 bits per heavy atom. The summed E-state index contributed by atoms with van der Waals surface area (Å²) >= 11 is 0. The van der Waals surface area contributed by atoms with Gasteiger partial charge in [-0.25, -0.2) is 4.79 Å². The first-order valence-electron chi connectivity index (χ1n) is 7.42. The molecule has 0 aromatic rings. The van der Waals surface area contributed by atoms with Gasteiger partial charge in [-0.3, -0.25) is 14.5 Å². The lowest BCUT2D eigenvalue weighted by atomic mass is 9.98. The Hall–Kier alpha value is -1.59. The lowest BCUT2D eigenvalue weighted by molar-refractivity contribution is -0.135. The van der Waals surface area contributed by atoms with Crippen LogP contribution in [-0.2, 0) is 9.59 Å². The van der Waals surface area contributed by atoms with Crippen molar-refractivity contribution >= 4 is 17.8 Å². The van der Waals surface area contributed by atoms with Gasteiger partial charge in [0, 0.05) is 6.04 Å². The number of nitrogens with one attached hydrogen (secondary N) is 2. The molecule has 1 aliphatic heterocycles. The van der Waals surface area contributed by atoms with Gasteiger partial charge < -0.3 is 10.6 Å². The zero-order chi connectivity index (χ0) is 14.8. The molecule has 0 aromatic carbocycles. The average Bonchev–Trinajstić information content (AvgIpc) is 2.92. The van der Waals surface area contributed by atoms with Gasteiger partial charge in [-0.05, 0) is 26.2 Å². The van der Waals surface area contributed by atoms with Crippen LogP contribution in [-0.4, -0.2) is 40.9 Å². The highest BCUT2D eigenvalue weighted by molar-refractivity contribution is 6.09. The molecule has 6 heteroatoms. The van der Waals surface area contributed by atoms with Gasteiger partial charge >= 0.3 is 6.03 Å². The Morgan fingerprint density at radius 3 is 2.65 bits per heavy atom. The largest absolute Gasteiger partial charge is 0.352 e. The number of imide groups is 1. The molecule has 1 saturated heterocycles. The highest BCUT2D eigenvalue weighted by Crippen LogP contribution is 2.34. The summed E-state index contributed by atoms with van der Waals surface area (Å²) in [5.74, 6) is -0.511. The van der Waals surface area contributed by atoms with Crippen LogP contribution in [0.5, 0.6) is 0 Å². The molecule has 4 amide bonds. The van der Waals surface area contributed by atoms with E-state index in [0.717, 1.165) is 30.6 Å². The molecule has 2 fully saturated rings. The number of rotatable bonds is 5. The predicted molar refractivity (Wildman–Crippen MR) is 74.0 cm³/mol. The lowest BCUT2D eigenvalue weighted by Gasteiger charge is -2.20. The van der Waals surface area contributed by atoms with Gasteiger partial charge in [0.2, 0.25) is 5.91 Å².